The van der Waals surface area contributed by atoms with E-state index in [0.29, 0.717) is 6.42 Å². The molecule has 1 aromatic carbocycles. The number of benzene rings is 1. The Kier molecular flexibility index (Phi) is 5.65. The molecule has 0 saturated heterocycles. The van der Waals surface area contributed by atoms with E-state index in [9.17, 15) is 9.59 Å². The van der Waals surface area contributed by atoms with Gasteiger partial charge in [-0.3, -0.25) is 4.79 Å². The summed E-state index contributed by atoms with van der Waals surface area (Å²) < 4.78 is 4.72. The molecule has 1 amide bonds. The number of halogens is 1. The lowest BCUT2D eigenvalue weighted by molar-refractivity contribution is -0.151. The summed E-state index contributed by atoms with van der Waals surface area (Å²) in [7, 11) is 2.86. The number of carbonyl (C=O) groups is 2. The highest BCUT2D eigenvalue weighted by Gasteiger charge is 2.27. The Balaban J connectivity index is 2.86. The molecule has 18 heavy (non-hydrogen) atoms. The number of hydrogen-bond acceptors (Lipinski definition) is 3. The highest BCUT2D eigenvalue weighted by Crippen LogP contribution is 2.10. The summed E-state index contributed by atoms with van der Waals surface area (Å²) in [5, 5.41) is 0. The molecule has 5 heteroatoms. The van der Waals surface area contributed by atoms with Crippen LogP contribution in [-0.4, -0.2) is 42.9 Å². The van der Waals surface area contributed by atoms with E-state index in [1.165, 1.54) is 12.0 Å². The Morgan fingerprint density at radius 3 is 2.44 bits per heavy atom. The predicted octanol–water partition coefficient (Wildman–Crippen LogP) is 1.47. The van der Waals surface area contributed by atoms with E-state index in [1.54, 1.807) is 7.05 Å². The van der Waals surface area contributed by atoms with Crippen LogP contribution in [0.4, 0.5) is 0 Å². The van der Waals surface area contributed by atoms with Gasteiger partial charge in [-0.2, -0.15) is 0 Å². The van der Waals surface area contributed by atoms with Gasteiger partial charge in [-0.15, -0.1) is 11.6 Å². The molecular formula is C13H16ClNO3. The molecule has 0 radical (unpaired) electrons. The zero-order valence-corrected chi connectivity index (χ0v) is 11.2. The number of methoxy groups -OCH3 is 1. The second-order valence-electron chi connectivity index (χ2n) is 3.87. The maximum Gasteiger partial charge on any atom is 0.328 e. The number of carbonyl (C=O) groups excluding carboxylic acids is 2. The SMILES string of the molecule is COC(=O)[C@@H](Cc1ccccc1)N(C)C(=O)CCl. The van der Waals surface area contributed by atoms with Crippen LogP contribution in [0, 0.1) is 0 Å². The van der Waals surface area contributed by atoms with Gasteiger partial charge in [0.25, 0.3) is 0 Å². The molecule has 4 nitrogen and oxygen atoms in total. The van der Waals surface area contributed by atoms with Crippen molar-refractivity contribution < 1.29 is 14.3 Å². The van der Waals surface area contributed by atoms with E-state index in [0.717, 1.165) is 5.56 Å². The van der Waals surface area contributed by atoms with E-state index in [-0.39, 0.29) is 11.8 Å². The van der Waals surface area contributed by atoms with Crippen molar-refractivity contribution in [2.45, 2.75) is 12.5 Å². The predicted molar refractivity (Wildman–Crippen MR) is 69.4 cm³/mol. The van der Waals surface area contributed by atoms with Crippen LogP contribution in [0.3, 0.4) is 0 Å². The Morgan fingerprint density at radius 2 is 1.94 bits per heavy atom. The van der Waals surface area contributed by atoms with Gasteiger partial charge >= 0.3 is 5.97 Å². The molecule has 0 aliphatic carbocycles. The molecular weight excluding hydrogens is 254 g/mol. The van der Waals surface area contributed by atoms with Crippen LogP contribution >= 0.6 is 11.6 Å². The molecule has 1 aromatic rings. The van der Waals surface area contributed by atoms with Crippen LogP contribution < -0.4 is 0 Å². The van der Waals surface area contributed by atoms with Crippen molar-refractivity contribution in [1.29, 1.82) is 0 Å². The number of hydrogen-bond donors (Lipinski definition) is 0. The fourth-order valence-corrected chi connectivity index (χ4v) is 1.81. The Labute approximate surface area is 111 Å². The molecule has 0 fully saturated rings. The quantitative estimate of drug-likeness (QED) is 0.601. The van der Waals surface area contributed by atoms with Crippen molar-refractivity contribution >= 4 is 23.5 Å². The monoisotopic (exact) mass is 269 g/mol. The number of likely N-dealkylation sites (N-methyl/N-ethyl adjacent to an activating group) is 1. The standard InChI is InChI=1S/C13H16ClNO3/c1-15(12(16)9-14)11(13(17)18-2)8-10-6-4-3-5-7-10/h3-7,11H,8-9H2,1-2H3/t11-/m1/s1. The Morgan fingerprint density at radius 1 is 1.33 bits per heavy atom. The van der Waals surface area contributed by atoms with Crippen molar-refractivity contribution in [2.24, 2.45) is 0 Å². The van der Waals surface area contributed by atoms with E-state index in [2.05, 4.69) is 0 Å². The largest absolute Gasteiger partial charge is 0.467 e. The van der Waals surface area contributed by atoms with Gasteiger partial charge < -0.3 is 9.64 Å². The molecule has 0 aromatic heterocycles. The molecule has 0 aliphatic rings. The van der Waals surface area contributed by atoms with E-state index < -0.39 is 12.0 Å². The first-order valence-corrected chi connectivity index (χ1v) is 6.07. The maximum atomic E-state index is 11.7. The highest BCUT2D eigenvalue weighted by molar-refractivity contribution is 6.27. The van der Waals surface area contributed by atoms with Gasteiger partial charge in [0.2, 0.25) is 5.91 Å². The van der Waals surface area contributed by atoms with Crippen LogP contribution in [0.5, 0.6) is 0 Å². The average Bonchev–Trinajstić information content (AvgIpc) is 2.43. The number of rotatable bonds is 5. The zero-order chi connectivity index (χ0) is 13.5. The van der Waals surface area contributed by atoms with Crippen LogP contribution in [0.1, 0.15) is 5.56 Å². The van der Waals surface area contributed by atoms with Crippen molar-refractivity contribution in [1.82, 2.24) is 4.90 Å². The summed E-state index contributed by atoms with van der Waals surface area (Å²) in [5.74, 6) is -0.901. The molecule has 0 unspecified atom stereocenters. The van der Waals surface area contributed by atoms with Crippen molar-refractivity contribution in [3.63, 3.8) is 0 Å². The lowest BCUT2D eigenvalue weighted by atomic mass is 10.1. The lowest BCUT2D eigenvalue weighted by Crippen LogP contribution is -2.45. The van der Waals surface area contributed by atoms with Gasteiger partial charge in [-0.1, -0.05) is 30.3 Å². The first-order valence-electron chi connectivity index (χ1n) is 5.53. The summed E-state index contributed by atoms with van der Waals surface area (Å²) in [4.78, 5) is 24.6. The molecule has 0 N–H and O–H groups in total. The number of nitrogens with zero attached hydrogens (tertiary/aromatic N) is 1. The Bertz CT molecular complexity index is 408. The number of amides is 1. The van der Waals surface area contributed by atoms with Gasteiger partial charge in [-0.25, -0.2) is 4.79 Å². The maximum absolute atomic E-state index is 11.7. The second kappa shape index (κ2) is 7.01. The number of ether oxygens (including phenoxy) is 1. The van der Waals surface area contributed by atoms with E-state index in [4.69, 9.17) is 16.3 Å². The second-order valence-corrected chi connectivity index (χ2v) is 4.13. The van der Waals surface area contributed by atoms with Gasteiger partial charge in [0.05, 0.1) is 7.11 Å². The van der Waals surface area contributed by atoms with Crippen LogP contribution in [0.2, 0.25) is 0 Å². The summed E-state index contributed by atoms with van der Waals surface area (Å²) in [6, 6.07) is 8.80. The van der Waals surface area contributed by atoms with Crippen molar-refractivity contribution in [3.05, 3.63) is 35.9 Å². The average molecular weight is 270 g/mol. The molecule has 0 spiro atoms. The molecule has 0 heterocycles. The van der Waals surface area contributed by atoms with Crippen LogP contribution in [-0.2, 0) is 20.7 Å². The zero-order valence-electron chi connectivity index (χ0n) is 10.4. The lowest BCUT2D eigenvalue weighted by Gasteiger charge is -2.25. The highest BCUT2D eigenvalue weighted by atomic mass is 35.5. The summed E-state index contributed by atoms with van der Waals surface area (Å²) in [6.07, 6.45) is 0.409. The third-order valence-electron chi connectivity index (χ3n) is 2.72. The molecule has 0 saturated carbocycles. The normalized spacial score (nSPS) is 11.7. The van der Waals surface area contributed by atoms with Gasteiger partial charge in [0, 0.05) is 13.5 Å². The van der Waals surface area contributed by atoms with Crippen LogP contribution in [0.25, 0.3) is 0 Å². The summed E-state index contributed by atoms with van der Waals surface area (Å²) in [6.45, 7) is 0. The molecule has 0 aliphatic heterocycles. The van der Waals surface area contributed by atoms with Gasteiger partial charge in [0.15, 0.2) is 0 Å². The third-order valence-corrected chi connectivity index (χ3v) is 2.95. The first kappa shape index (κ1) is 14.5. The smallest absolute Gasteiger partial charge is 0.328 e. The van der Waals surface area contributed by atoms with E-state index in [1.807, 2.05) is 30.3 Å². The van der Waals surface area contributed by atoms with Crippen molar-refractivity contribution in [3.8, 4) is 0 Å². The molecule has 98 valence electrons. The van der Waals surface area contributed by atoms with Crippen molar-refractivity contribution in [2.75, 3.05) is 20.0 Å². The minimum absolute atomic E-state index is 0.154. The Hall–Kier alpha value is -1.55. The topological polar surface area (TPSA) is 46.6 Å². The fraction of sp³-hybridized carbons (Fsp3) is 0.385. The minimum Gasteiger partial charge on any atom is -0.467 e. The number of esters is 1. The fourth-order valence-electron chi connectivity index (χ4n) is 1.62. The molecule has 0 bridgehead atoms. The van der Waals surface area contributed by atoms with Gasteiger partial charge in [-0.05, 0) is 5.56 Å². The number of alkyl halides is 1. The summed E-state index contributed by atoms with van der Waals surface area (Å²) >= 11 is 5.50. The van der Waals surface area contributed by atoms with Gasteiger partial charge in [0.1, 0.15) is 11.9 Å². The molecule has 1 atom stereocenters. The van der Waals surface area contributed by atoms with Crippen LogP contribution in [0.15, 0.2) is 30.3 Å². The summed E-state index contributed by atoms with van der Waals surface area (Å²) in [5.41, 5.74) is 0.960. The first-order chi connectivity index (χ1) is 8.60. The molecule has 1 rings (SSSR count). The third kappa shape index (κ3) is 3.74. The van der Waals surface area contributed by atoms with E-state index >= 15 is 0 Å². The minimum atomic E-state index is -0.649.